The summed E-state index contributed by atoms with van der Waals surface area (Å²) in [6.45, 7) is 5.42. The van der Waals surface area contributed by atoms with Gasteiger partial charge in [-0.3, -0.25) is 0 Å². The molecule has 25 heavy (non-hydrogen) atoms. The van der Waals surface area contributed by atoms with Crippen LogP contribution in [0.5, 0.6) is 5.88 Å². The molecule has 0 saturated heterocycles. The topological polar surface area (TPSA) is 37.7 Å². The molecule has 1 aromatic carbocycles. The first-order valence-corrected chi connectivity index (χ1v) is 9.07. The van der Waals surface area contributed by atoms with Crippen LogP contribution in [0.1, 0.15) is 24.6 Å². The number of aliphatic imine (C=N–C) groups is 1. The second-order valence-electron chi connectivity index (χ2n) is 5.78. The van der Waals surface area contributed by atoms with Crippen molar-refractivity contribution in [2.45, 2.75) is 26.7 Å². The molecule has 0 aliphatic carbocycles. The van der Waals surface area contributed by atoms with E-state index >= 15 is 0 Å². The number of pyridine rings is 1. The van der Waals surface area contributed by atoms with Gasteiger partial charge in [0.25, 0.3) is 0 Å². The molecule has 0 unspecified atom stereocenters. The molecule has 2 aromatic rings. The number of ether oxygens (including phenoxy) is 1. The van der Waals surface area contributed by atoms with E-state index in [2.05, 4.69) is 32.8 Å². The summed E-state index contributed by atoms with van der Waals surface area (Å²) in [5.41, 5.74) is 2.72. The monoisotopic (exact) mass is 407 g/mol. The van der Waals surface area contributed by atoms with E-state index in [9.17, 15) is 4.39 Å². The van der Waals surface area contributed by atoms with Crippen molar-refractivity contribution >= 4 is 28.0 Å². The molecule has 0 spiro atoms. The number of aryl methyl sites for hydroxylation is 2. The number of benzene rings is 1. The Bertz CT molecular complexity index is 719. The summed E-state index contributed by atoms with van der Waals surface area (Å²) < 4.78 is 19.4. The number of hydrogen-bond donors (Lipinski definition) is 0. The maximum atomic E-state index is 12.9. The van der Waals surface area contributed by atoms with Crippen molar-refractivity contribution < 1.29 is 9.13 Å². The number of hydrogen-bond acceptors (Lipinski definition) is 3. The molecule has 1 heterocycles. The van der Waals surface area contributed by atoms with E-state index in [0.29, 0.717) is 12.5 Å². The third-order valence-corrected chi connectivity index (χ3v) is 4.33. The van der Waals surface area contributed by atoms with Crippen LogP contribution in [0.25, 0.3) is 0 Å². The Hall–Kier alpha value is -1.95. The Morgan fingerprint density at radius 2 is 2.04 bits per heavy atom. The molecule has 6 heteroatoms. The fraction of sp³-hybridized carbons (Fsp3) is 0.368. The highest BCUT2D eigenvalue weighted by Gasteiger charge is 2.08. The van der Waals surface area contributed by atoms with Crippen molar-refractivity contribution in [2.75, 3.05) is 20.2 Å². The Labute approximate surface area is 156 Å². The lowest BCUT2D eigenvalue weighted by Gasteiger charge is -2.11. The molecular formula is C19H23BrFN3O. The fourth-order valence-corrected chi connectivity index (χ4v) is 2.54. The largest absolute Gasteiger partial charge is 0.477 e. The lowest BCUT2D eigenvalue weighted by molar-refractivity contribution is 0.297. The van der Waals surface area contributed by atoms with E-state index in [1.807, 2.05) is 24.9 Å². The van der Waals surface area contributed by atoms with Crippen LogP contribution in [0.3, 0.4) is 0 Å². The third-order valence-electron chi connectivity index (χ3n) is 3.76. The van der Waals surface area contributed by atoms with Gasteiger partial charge in [-0.05, 0) is 66.4 Å². The van der Waals surface area contributed by atoms with Gasteiger partial charge in [0, 0.05) is 13.6 Å². The molecule has 0 aliphatic heterocycles. The van der Waals surface area contributed by atoms with Crippen LogP contribution in [-0.4, -0.2) is 36.4 Å². The molecule has 0 saturated carbocycles. The Morgan fingerprint density at radius 1 is 1.32 bits per heavy atom. The Kier molecular flexibility index (Phi) is 7.37. The second kappa shape index (κ2) is 9.51. The molecule has 0 N–H and O–H groups in total. The molecule has 0 radical (unpaired) electrons. The van der Waals surface area contributed by atoms with Crippen LogP contribution in [0, 0.1) is 12.7 Å². The van der Waals surface area contributed by atoms with E-state index in [-0.39, 0.29) is 5.82 Å². The first-order chi connectivity index (χ1) is 12.0. The highest BCUT2D eigenvalue weighted by atomic mass is 79.9. The predicted octanol–water partition coefficient (Wildman–Crippen LogP) is 4.91. The van der Waals surface area contributed by atoms with Crippen molar-refractivity contribution in [3.05, 3.63) is 51.9 Å². The highest BCUT2D eigenvalue weighted by Crippen LogP contribution is 2.29. The molecular weight excluding hydrogens is 385 g/mol. The minimum absolute atomic E-state index is 0.212. The average Bonchev–Trinajstić information content (AvgIpc) is 2.61. The summed E-state index contributed by atoms with van der Waals surface area (Å²) in [4.78, 5) is 10.9. The number of aromatic nitrogens is 1. The van der Waals surface area contributed by atoms with Gasteiger partial charge in [0.1, 0.15) is 5.82 Å². The summed E-state index contributed by atoms with van der Waals surface area (Å²) >= 11 is 3.49. The SMILES string of the molecule is CCN(C)/C=N/c1cc(Br)c(OCCCc2ccc(F)cc2)nc1C. The molecule has 134 valence electrons. The number of nitrogens with zero attached hydrogens (tertiary/aromatic N) is 3. The van der Waals surface area contributed by atoms with Crippen molar-refractivity contribution in [2.24, 2.45) is 4.99 Å². The fourth-order valence-electron chi connectivity index (χ4n) is 2.12. The van der Waals surface area contributed by atoms with Gasteiger partial charge in [0.05, 0.1) is 28.8 Å². The smallest absolute Gasteiger partial charge is 0.228 e. The van der Waals surface area contributed by atoms with Crippen molar-refractivity contribution in [1.29, 1.82) is 0 Å². The van der Waals surface area contributed by atoms with E-state index in [4.69, 9.17) is 4.74 Å². The molecule has 0 bridgehead atoms. The molecule has 0 fully saturated rings. The lowest BCUT2D eigenvalue weighted by atomic mass is 10.1. The van der Waals surface area contributed by atoms with Crippen LogP contribution in [-0.2, 0) is 6.42 Å². The zero-order valence-corrected chi connectivity index (χ0v) is 16.4. The molecule has 0 amide bonds. The van der Waals surface area contributed by atoms with Crippen LogP contribution in [0.4, 0.5) is 10.1 Å². The third kappa shape index (κ3) is 6.12. The molecule has 0 aliphatic rings. The molecule has 0 atom stereocenters. The molecule has 1 aromatic heterocycles. The van der Waals surface area contributed by atoms with Crippen molar-refractivity contribution in [1.82, 2.24) is 9.88 Å². The van der Waals surface area contributed by atoms with Gasteiger partial charge in [-0.1, -0.05) is 12.1 Å². The van der Waals surface area contributed by atoms with Crippen LogP contribution in [0.2, 0.25) is 0 Å². The zero-order chi connectivity index (χ0) is 18.2. The van der Waals surface area contributed by atoms with E-state index in [1.165, 1.54) is 12.1 Å². The Morgan fingerprint density at radius 3 is 2.72 bits per heavy atom. The number of halogens is 2. The van der Waals surface area contributed by atoms with Crippen molar-refractivity contribution in [3.63, 3.8) is 0 Å². The Balaban J connectivity index is 1.90. The van der Waals surface area contributed by atoms with Crippen molar-refractivity contribution in [3.8, 4) is 5.88 Å². The maximum absolute atomic E-state index is 12.9. The van der Waals surface area contributed by atoms with Gasteiger partial charge >= 0.3 is 0 Å². The summed E-state index contributed by atoms with van der Waals surface area (Å²) in [5.74, 6) is 0.357. The first kappa shape index (κ1) is 19.4. The maximum Gasteiger partial charge on any atom is 0.228 e. The number of rotatable bonds is 8. The lowest BCUT2D eigenvalue weighted by Crippen LogP contribution is -2.14. The molecule has 2 rings (SSSR count). The quantitative estimate of drug-likeness (QED) is 0.354. The van der Waals surface area contributed by atoms with E-state index in [1.54, 1.807) is 18.5 Å². The van der Waals surface area contributed by atoms with E-state index in [0.717, 1.165) is 40.8 Å². The second-order valence-corrected chi connectivity index (χ2v) is 6.63. The van der Waals surface area contributed by atoms with Gasteiger partial charge in [-0.25, -0.2) is 14.4 Å². The average molecular weight is 408 g/mol. The summed E-state index contributed by atoms with van der Waals surface area (Å²) in [6, 6.07) is 8.47. The van der Waals surface area contributed by atoms with Gasteiger partial charge < -0.3 is 9.64 Å². The molecule has 4 nitrogen and oxygen atoms in total. The normalized spacial score (nSPS) is 11.1. The zero-order valence-electron chi connectivity index (χ0n) is 14.8. The summed E-state index contributed by atoms with van der Waals surface area (Å²) in [6.07, 6.45) is 3.46. The predicted molar refractivity (Wildman–Crippen MR) is 103 cm³/mol. The van der Waals surface area contributed by atoms with Crippen LogP contribution < -0.4 is 4.74 Å². The minimum Gasteiger partial charge on any atom is -0.477 e. The summed E-state index contributed by atoms with van der Waals surface area (Å²) in [5, 5.41) is 0. The first-order valence-electron chi connectivity index (χ1n) is 8.28. The van der Waals surface area contributed by atoms with Gasteiger partial charge in [0.2, 0.25) is 5.88 Å². The van der Waals surface area contributed by atoms with Gasteiger partial charge in [-0.2, -0.15) is 0 Å². The van der Waals surface area contributed by atoms with Gasteiger partial charge in [-0.15, -0.1) is 0 Å². The highest BCUT2D eigenvalue weighted by molar-refractivity contribution is 9.10. The van der Waals surface area contributed by atoms with Crippen LogP contribution in [0.15, 0.2) is 39.8 Å². The van der Waals surface area contributed by atoms with Crippen LogP contribution >= 0.6 is 15.9 Å². The summed E-state index contributed by atoms with van der Waals surface area (Å²) in [7, 11) is 1.97. The van der Waals surface area contributed by atoms with E-state index < -0.39 is 0 Å². The standard InChI is InChI=1S/C19H23BrFN3O/c1-4-24(3)13-22-18-12-17(20)19(23-14(18)2)25-11-5-6-15-7-9-16(21)10-8-15/h7-10,12-13H,4-6,11H2,1-3H3/b22-13+. The minimum atomic E-state index is -0.212. The van der Waals surface area contributed by atoms with Gasteiger partial charge in [0.15, 0.2) is 0 Å².